The van der Waals surface area contributed by atoms with Crippen molar-refractivity contribution in [1.82, 2.24) is 10.9 Å². The number of amides is 2. The average molecular weight is 409 g/mol. The van der Waals surface area contributed by atoms with Crippen LogP contribution in [0, 0.1) is 17.1 Å². The molecule has 2 N–H and O–H groups in total. The van der Waals surface area contributed by atoms with Crippen molar-refractivity contribution in [2.75, 3.05) is 6.61 Å². The number of hydrazine groups is 1. The summed E-state index contributed by atoms with van der Waals surface area (Å²) in [5.74, 6) is -0.629. The number of carbonyl (C=O) groups is 2. The average Bonchev–Trinajstić information content (AvgIpc) is 3.25. The molecule has 0 radical (unpaired) electrons. The van der Waals surface area contributed by atoms with Crippen LogP contribution in [-0.4, -0.2) is 18.4 Å². The van der Waals surface area contributed by atoms with E-state index in [0.717, 1.165) is 0 Å². The van der Waals surface area contributed by atoms with Gasteiger partial charge in [-0.05, 0) is 48.5 Å². The predicted molar refractivity (Wildman–Crippen MR) is 102 cm³/mol. The summed E-state index contributed by atoms with van der Waals surface area (Å²) in [6.07, 6.45) is 0. The molecule has 1 heterocycles. The lowest BCUT2D eigenvalue weighted by Crippen LogP contribution is -2.43. The Morgan fingerprint density at radius 1 is 1.00 bits per heavy atom. The topological polar surface area (TPSA) is 114 Å². The molecule has 0 saturated heterocycles. The Labute approximate surface area is 170 Å². The molecule has 0 fully saturated rings. The van der Waals surface area contributed by atoms with E-state index in [1.807, 2.05) is 6.07 Å². The predicted octanol–water partition coefficient (Wildman–Crippen LogP) is 2.71. The van der Waals surface area contributed by atoms with Gasteiger partial charge in [-0.15, -0.1) is 0 Å². The highest BCUT2D eigenvalue weighted by Gasteiger charge is 2.13. The Hall–Kier alpha value is -4.32. The second-order valence-corrected chi connectivity index (χ2v) is 5.91. The minimum atomic E-state index is -0.672. The maximum absolute atomic E-state index is 12.9. The van der Waals surface area contributed by atoms with E-state index in [9.17, 15) is 14.0 Å². The first-order valence-corrected chi connectivity index (χ1v) is 8.73. The molecule has 3 aromatic rings. The van der Waals surface area contributed by atoms with Crippen molar-refractivity contribution >= 4 is 11.8 Å². The van der Waals surface area contributed by atoms with Gasteiger partial charge in [0.1, 0.15) is 35.8 Å². The lowest BCUT2D eigenvalue weighted by molar-refractivity contribution is -0.123. The van der Waals surface area contributed by atoms with Crippen molar-refractivity contribution in [3.63, 3.8) is 0 Å². The monoisotopic (exact) mass is 409 g/mol. The molecule has 0 bridgehead atoms. The molecule has 8 nitrogen and oxygen atoms in total. The van der Waals surface area contributed by atoms with Gasteiger partial charge < -0.3 is 13.9 Å². The highest BCUT2D eigenvalue weighted by molar-refractivity contribution is 5.93. The van der Waals surface area contributed by atoms with E-state index >= 15 is 0 Å². The van der Waals surface area contributed by atoms with Crippen molar-refractivity contribution in [3.05, 3.63) is 83.6 Å². The lowest BCUT2D eigenvalue weighted by Gasteiger charge is -2.08. The fraction of sp³-hybridized carbons (Fsp3) is 0.0952. The Kier molecular flexibility index (Phi) is 6.63. The number of nitrogens with one attached hydrogen (secondary N) is 2. The summed E-state index contributed by atoms with van der Waals surface area (Å²) in [5, 5.41) is 8.98. The Morgan fingerprint density at radius 2 is 1.77 bits per heavy atom. The summed E-state index contributed by atoms with van der Waals surface area (Å²) in [5.41, 5.74) is 4.68. The SMILES string of the molecule is N#Cc1ccccc1OCC(=O)NNC(=O)c1ccc(COc2ccc(F)cc2)o1. The highest BCUT2D eigenvalue weighted by atomic mass is 19.1. The van der Waals surface area contributed by atoms with E-state index < -0.39 is 18.4 Å². The first-order valence-electron chi connectivity index (χ1n) is 8.73. The third-order valence-corrected chi connectivity index (χ3v) is 3.76. The first-order chi connectivity index (χ1) is 14.5. The van der Waals surface area contributed by atoms with Crippen LogP contribution in [0.1, 0.15) is 21.9 Å². The molecule has 1 aromatic heterocycles. The molecule has 0 spiro atoms. The van der Waals surface area contributed by atoms with E-state index in [1.54, 1.807) is 30.3 Å². The van der Waals surface area contributed by atoms with Crippen LogP contribution in [0.3, 0.4) is 0 Å². The molecule has 9 heteroatoms. The minimum Gasteiger partial charge on any atom is -0.486 e. The summed E-state index contributed by atoms with van der Waals surface area (Å²) in [6.45, 7) is -0.356. The van der Waals surface area contributed by atoms with Crippen LogP contribution >= 0.6 is 0 Å². The van der Waals surface area contributed by atoms with Gasteiger partial charge in [0, 0.05) is 0 Å². The van der Waals surface area contributed by atoms with Gasteiger partial charge in [-0.3, -0.25) is 20.4 Å². The zero-order valence-electron chi connectivity index (χ0n) is 15.6. The van der Waals surface area contributed by atoms with Crippen molar-refractivity contribution in [3.8, 4) is 17.6 Å². The standard InChI is InChI=1S/C21H16FN3O5/c22-15-5-7-16(8-6-15)28-12-17-9-10-19(30-17)21(27)25-24-20(26)13-29-18-4-2-1-3-14(18)11-23/h1-10H,12-13H2,(H,24,26)(H,25,27). The molecular formula is C21H16FN3O5. The summed E-state index contributed by atoms with van der Waals surface area (Å²) < 4.78 is 28.9. The molecular weight excluding hydrogens is 393 g/mol. The Bertz CT molecular complexity index is 1070. The van der Waals surface area contributed by atoms with Gasteiger partial charge in [0.05, 0.1) is 5.56 Å². The molecule has 30 heavy (non-hydrogen) atoms. The lowest BCUT2D eigenvalue weighted by atomic mass is 10.2. The van der Waals surface area contributed by atoms with Crippen LogP contribution in [0.4, 0.5) is 4.39 Å². The summed E-state index contributed by atoms with van der Waals surface area (Å²) >= 11 is 0. The summed E-state index contributed by atoms with van der Waals surface area (Å²) in [6, 6.07) is 16.9. The molecule has 0 aliphatic carbocycles. The Balaban J connectivity index is 1.44. The number of hydrogen-bond donors (Lipinski definition) is 2. The molecule has 0 aliphatic heterocycles. The second kappa shape index (κ2) is 9.75. The molecule has 2 amide bonds. The number of hydrogen-bond acceptors (Lipinski definition) is 6. The van der Waals surface area contributed by atoms with Crippen molar-refractivity contribution in [2.45, 2.75) is 6.61 Å². The van der Waals surface area contributed by atoms with Crippen molar-refractivity contribution in [1.29, 1.82) is 5.26 Å². The number of ether oxygens (including phenoxy) is 2. The molecule has 0 atom stereocenters. The quantitative estimate of drug-likeness (QED) is 0.580. The van der Waals surface area contributed by atoms with Crippen molar-refractivity contribution < 1.29 is 27.9 Å². The molecule has 0 unspecified atom stereocenters. The van der Waals surface area contributed by atoms with Gasteiger partial charge in [-0.25, -0.2) is 4.39 Å². The summed E-state index contributed by atoms with van der Waals surface area (Å²) in [7, 11) is 0. The second-order valence-electron chi connectivity index (χ2n) is 5.91. The number of rotatable bonds is 7. The van der Waals surface area contributed by atoms with Gasteiger partial charge >= 0.3 is 5.91 Å². The van der Waals surface area contributed by atoms with Gasteiger partial charge in [-0.2, -0.15) is 5.26 Å². The largest absolute Gasteiger partial charge is 0.486 e. The smallest absolute Gasteiger partial charge is 0.305 e. The normalized spacial score (nSPS) is 10.0. The van der Waals surface area contributed by atoms with Crippen LogP contribution in [0.5, 0.6) is 11.5 Å². The molecule has 152 valence electrons. The van der Waals surface area contributed by atoms with Gasteiger partial charge in [-0.1, -0.05) is 12.1 Å². The number of nitrogens with zero attached hydrogens (tertiary/aromatic N) is 1. The van der Waals surface area contributed by atoms with Crippen LogP contribution in [0.15, 0.2) is 65.1 Å². The zero-order chi connectivity index (χ0) is 21.3. The third-order valence-electron chi connectivity index (χ3n) is 3.76. The zero-order valence-corrected chi connectivity index (χ0v) is 15.6. The maximum Gasteiger partial charge on any atom is 0.305 e. The van der Waals surface area contributed by atoms with E-state index in [-0.39, 0.29) is 23.9 Å². The molecule has 0 saturated carbocycles. The number of furan rings is 1. The van der Waals surface area contributed by atoms with Crippen LogP contribution in [0.25, 0.3) is 0 Å². The van der Waals surface area contributed by atoms with Crippen molar-refractivity contribution in [2.24, 2.45) is 0 Å². The van der Waals surface area contributed by atoms with Gasteiger partial charge in [0.15, 0.2) is 12.4 Å². The van der Waals surface area contributed by atoms with Crippen LogP contribution < -0.4 is 20.3 Å². The van der Waals surface area contributed by atoms with Crippen LogP contribution in [0.2, 0.25) is 0 Å². The van der Waals surface area contributed by atoms with E-state index in [4.69, 9.17) is 19.2 Å². The number of para-hydroxylation sites is 1. The van der Waals surface area contributed by atoms with Crippen LogP contribution in [-0.2, 0) is 11.4 Å². The number of benzene rings is 2. The third kappa shape index (κ3) is 5.59. The van der Waals surface area contributed by atoms with Gasteiger partial charge in [0.2, 0.25) is 0 Å². The number of halogens is 1. The summed E-state index contributed by atoms with van der Waals surface area (Å²) in [4.78, 5) is 23.9. The number of carbonyl (C=O) groups excluding carboxylic acids is 2. The maximum atomic E-state index is 12.9. The number of nitriles is 1. The van der Waals surface area contributed by atoms with E-state index in [2.05, 4.69) is 10.9 Å². The fourth-order valence-corrected chi connectivity index (χ4v) is 2.32. The first kappa shape index (κ1) is 20.4. The molecule has 0 aliphatic rings. The molecule has 3 rings (SSSR count). The Morgan fingerprint density at radius 3 is 2.53 bits per heavy atom. The highest BCUT2D eigenvalue weighted by Crippen LogP contribution is 2.16. The van der Waals surface area contributed by atoms with Gasteiger partial charge in [0.25, 0.3) is 5.91 Å². The minimum absolute atomic E-state index is 0.0382. The van der Waals surface area contributed by atoms with E-state index in [1.165, 1.54) is 30.3 Å². The molecule has 2 aromatic carbocycles. The fourth-order valence-electron chi connectivity index (χ4n) is 2.32. The van der Waals surface area contributed by atoms with E-state index in [0.29, 0.717) is 17.1 Å².